The van der Waals surface area contributed by atoms with Crippen LogP contribution in [0.5, 0.6) is 0 Å². The summed E-state index contributed by atoms with van der Waals surface area (Å²) in [6.45, 7) is 6.01. The molecule has 7 nitrogen and oxygen atoms in total. The van der Waals surface area contributed by atoms with E-state index in [0.717, 1.165) is 6.07 Å². The van der Waals surface area contributed by atoms with Gasteiger partial charge in [-0.2, -0.15) is 0 Å². The van der Waals surface area contributed by atoms with Crippen LogP contribution in [0.3, 0.4) is 0 Å². The summed E-state index contributed by atoms with van der Waals surface area (Å²) in [5, 5.41) is 20.6. The van der Waals surface area contributed by atoms with E-state index in [4.69, 9.17) is 0 Å². The molecule has 0 saturated carbocycles. The highest BCUT2D eigenvalue weighted by Crippen LogP contribution is 2.24. The number of nitrogens with one attached hydrogen (secondary N) is 1. The number of benzene rings is 1. The first-order valence-electron chi connectivity index (χ1n) is 5.88. The molecule has 0 unspecified atom stereocenters. The van der Waals surface area contributed by atoms with E-state index in [2.05, 4.69) is 4.72 Å². The highest BCUT2D eigenvalue weighted by molar-refractivity contribution is 7.89. The molecular formula is C12H18N2O5S. The molecule has 0 amide bonds. The van der Waals surface area contributed by atoms with Crippen LogP contribution in [0.25, 0.3) is 0 Å². The van der Waals surface area contributed by atoms with E-state index in [1.54, 1.807) is 0 Å². The van der Waals surface area contributed by atoms with Crippen LogP contribution in [-0.4, -0.2) is 29.6 Å². The highest BCUT2D eigenvalue weighted by atomic mass is 32.2. The number of sulfonamides is 1. The average molecular weight is 302 g/mol. The zero-order valence-corrected chi connectivity index (χ0v) is 12.6. The van der Waals surface area contributed by atoms with Gasteiger partial charge in [0.1, 0.15) is 0 Å². The van der Waals surface area contributed by atoms with Crippen LogP contribution in [0.1, 0.15) is 27.7 Å². The zero-order chi connectivity index (χ0) is 15.8. The van der Waals surface area contributed by atoms with Gasteiger partial charge in [-0.3, -0.25) is 10.1 Å². The van der Waals surface area contributed by atoms with Crippen LogP contribution in [-0.2, 0) is 10.0 Å². The summed E-state index contributed by atoms with van der Waals surface area (Å²) in [5.74, 6) is 0. The summed E-state index contributed by atoms with van der Waals surface area (Å²) >= 11 is 0. The van der Waals surface area contributed by atoms with Crippen molar-refractivity contribution >= 4 is 15.7 Å². The van der Waals surface area contributed by atoms with Gasteiger partial charge in [-0.15, -0.1) is 0 Å². The minimum absolute atomic E-state index is 0.218. The van der Waals surface area contributed by atoms with Gasteiger partial charge in [-0.05, 0) is 33.8 Å². The topological polar surface area (TPSA) is 110 Å². The Hall–Kier alpha value is -1.51. The quantitative estimate of drug-likeness (QED) is 0.631. The van der Waals surface area contributed by atoms with E-state index in [0.29, 0.717) is 0 Å². The van der Waals surface area contributed by atoms with E-state index < -0.39 is 26.1 Å². The Morgan fingerprint density at radius 3 is 2.25 bits per heavy atom. The van der Waals surface area contributed by atoms with E-state index in [1.165, 1.54) is 45.9 Å². The molecule has 0 radical (unpaired) electrons. The number of nitro groups is 1. The van der Waals surface area contributed by atoms with Crippen molar-refractivity contribution in [3.63, 3.8) is 0 Å². The summed E-state index contributed by atoms with van der Waals surface area (Å²) in [4.78, 5) is 9.79. The Morgan fingerprint density at radius 1 is 1.25 bits per heavy atom. The van der Waals surface area contributed by atoms with Crippen LogP contribution in [0.15, 0.2) is 29.2 Å². The van der Waals surface area contributed by atoms with Crippen molar-refractivity contribution in [2.75, 3.05) is 0 Å². The summed E-state index contributed by atoms with van der Waals surface area (Å²) in [6.07, 6.45) is 0. The van der Waals surface area contributed by atoms with Gasteiger partial charge in [-0.25, -0.2) is 13.1 Å². The minimum atomic E-state index is -3.97. The lowest BCUT2D eigenvalue weighted by Gasteiger charge is -2.37. The Kier molecular flexibility index (Phi) is 4.23. The number of rotatable bonds is 5. The monoisotopic (exact) mass is 302 g/mol. The summed E-state index contributed by atoms with van der Waals surface area (Å²) < 4.78 is 26.8. The highest BCUT2D eigenvalue weighted by Gasteiger charge is 2.39. The predicted octanol–water partition coefficient (Wildman–Crippen LogP) is 1.42. The van der Waals surface area contributed by atoms with E-state index in [-0.39, 0.29) is 10.6 Å². The molecule has 0 atom stereocenters. The number of hydrogen-bond acceptors (Lipinski definition) is 5. The normalized spacial score (nSPS) is 13.2. The van der Waals surface area contributed by atoms with Gasteiger partial charge in [0.25, 0.3) is 5.69 Å². The molecule has 0 aromatic heterocycles. The maximum atomic E-state index is 12.2. The molecule has 2 N–H and O–H groups in total. The molecule has 20 heavy (non-hydrogen) atoms. The molecule has 1 aromatic carbocycles. The van der Waals surface area contributed by atoms with Gasteiger partial charge in [-0.1, -0.05) is 6.07 Å². The first kappa shape index (κ1) is 16.5. The minimum Gasteiger partial charge on any atom is -0.389 e. The number of nitrogens with zero attached hydrogens (tertiary/aromatic N) is 1. The zero-order valence-electron chi connectivity index (χ0n) is 11.7. The second-order valence-corrected chi connectivity index (χ2v) is 7.23. The Bertz CT molecular complexity index is 617. The van der Waals surface area contributed by atoms with Gasteiger partial charge >= 0.3 is 0 Å². The van der Waals surface area contributed by atoms with Crippen molar-refractivity contribution in [2.45, 2.75) is 43.7 Å². The van der Waals surface area contributed by atoms with Crippen LogP contribution in [0.4, 0.5) is 5.69 Å². The largest absolute Gasteiger partial charge is 0.389 e. The van der Waals surface area contributed by atoms with E-state index >= 15 is 0 Å². The second-order valence-electron chi connectivity index (χ2n) is 5.54. The first-order chi connectivity index (χ1) is 8.87. The number of aliphatic hydroxyl groups is 1. The SMILES string of the molecule is CC(C)(O)C(C)(C)NS(=O)(=O)c1cccc([N+](=O)[O-])c1. The van der Waals surface area contributed by atoms with Crippen molar-refractivity contribution in [1.82, 2.24) is 4.72 Å². The molecule has 0 aliphatic rings. The van der Waals surface area contributed by atoms with Gasteiger partial charge < -0.3 is 5.11 Å². The van der Waals surface area contributed by atoms with Gasteiger partial charge in [0.05, 0.1) is 21.0 Å². The summed E-state index contributed by atoms with van der Waals surface area (Å²) in [7, 11) is -3.97. The van der Waals surface area contributed by atoms with E-state index in [9.17, 15) is 23.6 Å². The molecule has 0 aliphatic carbocycles. The second kappa shape index (κ2) is 5.12. The standard InChI is InChI=1S/C12H18N2O5S/c1-11(2,12(3,4)15)13-20(18,19)10-7-5-6-9(8-10)14(16)17/h5-8,13,15H,1-4H3. The van der Waals surface area contributed by atoms with Crippen molar-refractivity contribution in [3.05, 3.63) is 34.4 Å². The van der Waals surface area contributed by atoms with Crippen LogP contribution in [0, 0.1) is 10.1 Å². The molecule has 1 rings (SSSR count). The van der Waals surface area contributed by atoms with Crippen LogP contribution < -0.4 is 4.72 Å². The van der Waals surface area contributed by atoms with E-state index in [1.807, 2.05) is 0 Å². The molecule has 0 spiro atoms. The molecule has 8 heteroatoms. The van der Waals surface area contributed by atoms with Gasteiger partial charge in [0, 0.05) is 12.1 Å². The maximum absolute atomic E-state index is 12.2. The van der Waals surface area contributed by atoms with Crippen molar-refractivity contribution in [2.24, 2.45) is 0 Å². The molecule has 0 heterocycles. The molecule has 0 saturated heterocycles. The summed E-state index contributed by atoms with van der Waals surface area (Å²) in [6, 6.07) is 4.74. The fourth-order valence-corrected chi connectivity index (χ4v) is 2.86. The Morgan fingerprint density at radius 2 is 1.80 bits per heavy atom. The third-order valence-electron chi connectivity index (χ3n) is 3.26. The van der Waals surface area contributed by atoms with Gasteiger partial charge in [0.2, 0.25) is 10.0 Å². The van der Waals surface area contributed by atoms with Crippen LogP contribution in [0.2, 0.25) is 0 Å². The van der Waals surface area contributed by atoms with Crippen molar-refractivity contribution in [1.29, 1.82) is 0 Å². The van der Waals surface area contributed by atoms with Crippen molar-refractivity contribution < 1.29 is 18.4 Å². The Balaban J connectivity index is 3.19. The molecule has 0 bridgehead atoms. The lowest BCUT2D eigenvalue weighted by molar-refractivity contribution is -0.385. The predicted molar refractivity (Wildman–Crippen MR) is 73.8 cm³/mol. The fourth-order valence-electron chi connectivity index (χ4n) is 1.28. The number of nitro benzene ring substituents is 1. The van der Waals surface area contributed by atoms with Gasteiger partial charge in [0.15, 0.2) is 0 Å². The molecule has 0 aliphatic heterocycles. The molecular weight excluding hydrogens is 284 g/mol. The smallest absolute Gasteiger partial charge is 0.270 e. The lowest BCUT2D eigenvalue weighted by Crippen LogP contribution is -2.57. The lowest BCUT2D eigenvalue weighted by atomic mass is 9.87. The number of non-ortho nitro benzene ring substituents is 1. The van der Waals surface area contributed by atoms with Crippen molar-refractivity contribution in [3.8, 4) is 0 Å². The fraction of sp³-hybridized carbons (Fsp3) is 0.500. The Labute approximate surface area is 117 Å². The number of hydrogen-bond donors (Lipinski definition) is 2. The molecule has 112 valence electrons. The molecule has 1 aromatic rings. The third-order valence-corrected chi connectivity index (χ3v) is 4.91. The average Bonchev–Trinajstić information content (AvgIpc) is 2.26. The maximum Gasteiger partial charge on any atom is 0.270 e. The first-order valence-corrected chi connectivity index (χ1v) is 7.36. The van der Waals surface area contributed by atoms with Crippen LogP contribution >= 0.6 is 0 Å². The molecule has 0 fully saturated rings. The summed E-state index contributed by atoms with van der Waals surface area (Å²) in [5.41, 5.74) is -2.76. The third kappa shape index (κ3) is 3.53.